The Morgan fingerprint density at radius 1 is 0.263 bits per heavy atom. The van der Waals surface area contributed by atoms with E-state index in [-0.39, 0.29) is 12.0 Å². The molecule has 0 saturated heterocycles. The third-order valence-corrected chi connectivity index (χ3v) is 16.3. The maximum Gasteiger partial charge on any atom is 0.0788 e. The van der Waals surface area contributed by atoms with Crippen LogP contribution >= 0.6 is 0 Å². The highest BCUT2D eigenvalue weighted by molar-refractivity contribution is 6.24. The fraction of sp³-hybridized carbons (Fsp3) is 0.0278. The molecule has 0 bridgehead atoms. The van der Waals surface area contributed by atoms with Crippen molar-refractivity contribution >= 4 is 76.8 Å². The van der Waals surface area contributed by atoms with Crippen LogP contribution in [-0.2, 0) is 0 Å². The predicted molar refractivity (Wildman–Crippen MR) is 319 cm³/mol. The van der Waals surface area contributed by atoms with Crippen LogP contribution in [0.3, 0.4) is 0 Å². The summed E-state index contributed by atoms with van der Waals surface area (Å²) in [5.41, 5.74) is 21.6. The van der Waals surface area contributed by atoms with Crippen LogP contribution in [0.15, 0.2) is 279 Å². The summed E-state index contributed by atoms with van der Waals surface area (Å²) >= 11 is 0. The Morgan fingerprint density at radius 2 is 0.671 bits per heavy atom. The molecule has 11 aromatic carbocycles. The Kier molecular flexibility index (Phi) is 9.43. The molecule has 2 atom stereocenters. The third kappa shape index (κ3) is 6.37. The minimum absolute atomic E-state index is 0.180. The second-order valence-corrected chi connectivity index (χ2v) is 20.4. The molecule has 1 aliphatic heterocycles. The van der Waals surface area contributed by atoms with Crippen molar-refractivity contribution in [2.45, 2.75) is 12.0 Å². The number of hydrogen-bond donors (Lipinski definition) is 0. The van der Waals surface area contributed by atoms with Gasteiger partial charge in [0, 0.05) is 61.0 Å². The molecule has 4 nitrogen and oxygen atoms in total. The Morgan fingerprint density at radius 3 is 1.25 bits per heavy atom. The first kappa shape index (κ1) is 42.6. The van der Waals surface area contributed by atoms with Crippen molar-refractivity contribution in [3.05, 3.63) is 285 Å². The molecule has 4 heterocycles. The van der Waals surface area contributed by atoms with Crippen molar-refractivity contribution in [3.63, 3.8) is 0 Å². The van der Waals surface area contributed by atoms with Crippen molar-refractivity contribution < 1.29 is 0 Å². The molecule has 0 amide bonds. The lowest BCUT2D eigenvalue weighted by Crippen LogP contribution is -2.28. The molecule has 14 aromatic rings. The smallest absolute Gasteiger partial charge is 0.0788 e. The van der Waals surface area contributed by atoms with Gasteiger partial charge in [0.05, 0.1) is 44.8 Å². The highest BCUT2D eigenvalue weighted by Gasteiger charge is 2.40. The van der Waals surface area contributed by atoms with Gasteiger partial charge in [0.1, 0.15) is 0 Å². The number of nitrogens with zero attached hydrogens (tertiary/aromatic N) is 4. The Labute approximate surface area is 440 Å². The van der Waals surface area contributed by atoms with Crippen LogP contribution in [0.5, 0.6) is 0 Å². The van der Waals surface area contributed by atoms with Gasteiger partial charge in [-0.2, -0.15) is 0 Å². The fourth-order valence-electron chi connectivity index (χ4n) is 13.0. The van der Waals surface area contributed by atoms with Gasteiger partial charge < -0.3 is 18.6 Å². The number of fused-ring (bicyclic) bond motifs is 14. The monoisotopic (exact) mass is 968 g/mol. The van der Waals surface area contributed by atoms with Crippen molar-refractivity contribution in [1.29, 1.82) is 0 Å². The van der Waals surface area contributed by atoms with Gasteiger partial charge in [-0.05, 0) is 118 Å². The third-order valence-electron chi connectivity index (χ3n) is 16.3. The molecule has 16 rings (SSSR count). The molecule has 76 heavy (non-hydrogen) atoms. The number of benzene rings is 11. The number of rotatable bonds is 7. The van der Waals surface area contributed by atoms with Crippen LogP contribution < -0.4 is 4.90 Å². The molecule has 4 heteroatoms. The van der Waals surface area contributed by atoms with Gasteiger partial charge in [0.25, 0.3) is 0 Å². The zero-order valence-electron chi connectivity index (χ0n) is 41.5. The summed E-state index contributed by atoms with van der Waals surface area (Å²) in [5, 5.41) is 7.43. The summed E-state index contributed by atoms with van der Waals surface area (Å²) in [6, 6.07) is 94.2. The number of hydrogen-bond acceptors (Lipinski definition) is 1. The van der Waals surface area contributed by atoms with Crippen LogP contribution in [0.1, 0.15) is 11.5 Å². The maximum absolute atomic E-state index is 2.58. The van der Waals surface area contributed by atoms with E-state index >= 15 is 0 Å². The fourth-order valence-corrected chi connectivity index (χ4v) is 13.0. The predicted octanol–water partition coefficient (Wildman–Crippen LogP) is 18.7. The zero-order valence-corrected chi connectivity index (χ0v) is 41.5. The Bertz CT molecular complexity index is 4660. The molecule has 0 saturated carbocycles. The van der Waals surface area contributed by atoms with Gasteiger partial charge in [-0.1, -0.05) is 200 Å². The van der Waals surface area contributed by atoms with Crippen molar-refractivity contribution in [2.24, 2.45) is 0 Å². The Balaban J connectivity index is 0.861. The lowest BCUT2D eigenvalue weighted by Gasteiger charge is -2.29. The minimum Gasteiger partial charge on any atom is -0.332 e. The number of anilines is 2. The average molecular weight is 969 g/mol. The van der Waals surface area contributed by atoms with Crippen molar-refractivity contribution in [2.75, 3.05) is 4.90 Å². The summed E-state index contributed by atoms with van der Waals surface area (Å²) in [4.78, 5) is 2.58. The first-order valence-electron chi connectivity index (χ1n) is 26.4. The summed E-state index contributed by atoms with van der Waals surface area (Å²) in [6.07, 6.45) is 9.18. The van der Waals surface area contributed by atoms with Gasteiger partial charge in [0.15, 0.2) is 0 Å². The highest BCUT2D eigenvalue weighted by Crippen LogP contribution is 2.53. The molecule has 0 N–H and O–H groups in total. The topological polar surface area (TPSA) is 18.0 Å². The standard InChI is InChI=1S/C72H48N4/c1-5-17-47(18-6-1)51-33-43-67-63(45-51)61-41-39-59-57-25-13-15-27-65(57)73(53-21-9-3-10-22-53)69(59)71(61)75(67)55-35-29-49(30-36-55)50-31-37-56(38-32-50)76-68-44-34-52(48-19-7-2-8-20-48)46-64(68)62-42-40-60-58-26-14-16-28-66(58)74(70(60)72(62)76)54-23-11-4-12-24-54/h1-46,57,65H. The van der Waals surface area contributed by atoms with E-state index < -0.39 is 0 Å². The van der Waals surface area contributed by atoms with E-state index in [2.05, 4.69) is 298 Å². The van der Waals surface area contributed by atoms with Crippen LogP contribution in [0, 0.1) is 0 Å². The van der Waals surface area contributed by atoms with Crippen LogP contribution in [-0.4, -0.2) is 19.7 Å². The number of para-hydroxylation sites is 3. The molecule has 0 spiro atoms. The second-order valence-electron chi connectivity index (χ2n) is 20.4. The summed E-state index contributed by atoms with van der Waals surface area (Å²) in [7, 11) is 0. The van der Waals surface area contributed by atoms with E-state index in [0.29, 0.717) is 0 Å². The summed E-state index contributed by atoms with van der Waals surface area (Å²) < 4.78 is 7.48. The van der Waals surface area contributed by atoms with Gasteiger partial charge in [-0.25, -0.2) is 0 Å². The Hall–Kier alpha value is -9.90. The maximum atomic E-state index is 2.58. The molecule has 0 radical (unpaired) electrons. The molecule has 3 aromatic heterocycles. The van der Waals surface area contributed by atoms with E-state index in [1.54, 1.807) is 0 Å². The van der Waals surface area contributed by atoms with E-state index in [1.165, 1.54) is 116 Å². The molecule has 0 fully saturated rings. The number of allylic oxidation sites excluding steroid dienone is 2. The first-order chi connectivity index (χ1) is 37.7. The average Bonchev–Trinajstić information content (AvgIpc) is 4.41. The van der Waals surface area contributed by atoms with E-state index in [4.69, 9.17) is 0 Å². The largest absolute Gasteiger partial charge is 0.332 e. The quantitative estimate of drug-likeness (QED) is 0.156. The lowest BCUT2D eigenvalue weighted by molar-refractivity contribution is 0.745. The van der Waals surface area contributed by atoms with Crippen LogP contribution in [0.2, 0.25) is 0 Å². The molecule has 356 valence electrons. The van der Waals surface area contributed by atoms with E-state index in [9.17, 15) is 0 Å². The summed E-state index contributed by atoms with van der Waals surface area (Å²) in [6.45, 7) is 0. The van der Waals surface area contributed by atoms with Gasteiger partial charge in [0.2, 0.25) is 0 Å². The lowest BCUT2D eigenvalue weighted by atomic mass is 9.91. The second kappa shape index (κ2) is 16.8. The normalized spacial score (nSPS) is 15.0. The molecular weight excluding hydrogens is 921 g/mol. The van der Waals surface area contributed by atoms with Gasteiger partial charge >= 0.3 is 0 Å². The number of aromatic nitrogens is 3. The van der Waals surface area contributed by atoms with E-state index in [0.717, 1.165) is 17.1 Å². The molecular formula is C72H48N4. The van der Waals surface area contributed by atoms with Crippen LogP contribution in [0.4, 0.5) is 11.4 Å². The van der Waals surface area contributed by atoms with Crippen molar-refractivity contribution in [1.82, 2.24) is 13.7 Å². The van der Waals surface area contributed by atoms with Gasteiger partial charge in [-0.3, -0.25) is 0 Å². The van der Waals surface area contributed by atoms with Gasteiger partial charge in [-0.15, -0.1) is 0 Å². The van der Waals surface area contributed by atoms with Crippen LogP contribution in [0.25, 0.3) is 116 Å². The SMILES string of the molecule is C1=CC2c3ccc4c5cc(-c6ccccc6)ccc5n(-c5ccc(-c6ccc(-n7c8ccc(-c9ccccc9)cc8c8ccc9c%10ccccc%10n(-c%10ccccc%10)c9c87)cc6)cc5)c4c3N(c3ccccc3)C2C=C1. The first-order valence-corrected chi connectivity index (χ1v) is 26.4. The van der Waals surface area contributed by atoms with Crippen molar-refractivity contribution in [3.8, 4) is 50.4 Å². The minimum atomic E-state index is 0.180. The summed E-state index contributed by atoms with van der Waals surface area (Å²) in [5.74, 6) is 0.246. The highest BCUT2D eigenvalue weighted by atomic mass is 15.2. The zero-order chi connectivity index (χ0) is 49.8. The van der Waals surface area contributed by atoms with E-state index in [1.807, 2.05) is 0 Å². The molecule has 2 unspecified atom stereocenters. The molecule has 1 aliphatic carbocycles. The molecule has 2 aliphatic rings.